The van der Waals surface area contributed by atoms with Gasteiger partial charge in [-0.15, -0.1) is 0 Å². The van der Waals surface area contributed by atoms with Crippen molar-refractivity contribution >= 4 is 29.2 Å². The maximum Gasteiger partial charge on any atom is 0.339 e. The van der Waals surface area contributed by atoms with Gasteiger partial charge in [0.2, 0.25) is 5.91 Å². The predicted molar refractivity (Wildman–Crippen MR) is 72.3 cm³/mol. The number of carbonyl (C=O) groups is 2. The first-order chi connectivity index (χ1) is 8.93. The van der Waals surface area contributed by atoms with Gasteiger partial charge in [-0.2, -0.15) is 0 Å². The molecule has 2 N–H and O–H groups in total. The Bertz CT molecular complexity index is 474. The van der Waals surface area contributed by atoms with E-state index in [0.29, 0.717) is 17.1 Å². The molecule has 0 heterocycles. The van der Waals surface area contributed by atoms with Crippen LogP contribution in [0.2, 0.25) is 5.02 Å². The van der Waals surface area contributed by atoms with E-state index in [0.717, 1.165) is 0 Å². The van der Waals surface area contributed by atoms with E-state index in [2.05, 4.69) is 10.1 Å². The zero-order chi connectivity index (χ0) is 14.4. The van der Waals surface area contributed by atoms with Crippen LogP contribution in [0.25, 0.3) is 0 Å². The lowest BCUT2D eigenvalue weighted by Gasteiger charge is -2.10. The lowest BCUT2D eigenvalue weighted by atomic mass is 10.1. The Labute approximate surface area is 116 Å². The van der Waals surface area contributed by atoms with Gasteiger partial charge in [0.15, 0.2) is 0 Å². The van der Waals surface area contributed by atoms with E-state index >= 15 is 0 Å². The van der Waals surface area contributed by atoms with E-state index in [1.54, 1.807) is 13.0 Å². The van der Waals surface area contributed by atoms with Crippen molar-refractivity contribution in [3.8, 4) is 0 Å². The zero-order valence-corrected chi connectivity index (χ0v) is 11.5. The van der Waals surface area contributed by atoms with Crippen molar-refractivity contribution in [3.63, 3.8) is 0 Å². The van der Waals surface area contributed by atoms with Gasteiger partial charge in [-0.1, -0.05) is 11.6 Å². The summed E-state index contributed by atoms with van der Waals surface area (Å²) in [6.45, 7) is 1.60. The van der Waals surface area contributed by atoms with Crippen molar-refractivity contribution < 1.29 is 19.4 Å². The number of amides is 1. The second-order valence-corrected chi connectivity index (χ2v) is 4.55. The maximum atomic E-state index is 11.7. The van der Waals surface area contributed by atoms with E-state index < -0.39 is 12.1 Å². The number of methoxy groups -OCH3 is 1. The van der Waals surface area contributed by atoms with Crippen LogP contribution in [0.4, 0.5) is 5.69 Å². The molecule has 1 unspecified atom stereocenters. The lowest BCUT2D eigenvalue weighted by Crippen LogP contribution is -2.16. The molecule has 0 radical (unpaired) electrons. The number of carbonyl (C=O) groups excluding carboxylic acids is 2. The topological polar surface area (TPSA) is 75.6 Å². The number of esters is 1. The van der Waals surface area contributed by atoms with Crippen molar-refractivity contribution in [2.45, 2.75) is 25.9 Å². The number of nitrogens with one attached hydrogen (secondary N) is 1. The molecule has 5 nitrogen and oxygen atoms in total. The summed E-state index contributed by atoms with van der Waals surface area (Å²) in [7, 11) is 1.26. The highest BCUT2D eigenvalue weighted by Gasteiger charge is 2.14. The minimum atomic E-state index is -0.553. The summed E-state index contributed by atoms with van der Waals surface area (Å²) in [4.78, 5) is 23.2. The molecular weight excluding hydrogens is 270 g/mol. The molecule has 1 aromatic carbocycles. The van der Waals surface area contributed by atoms with Gasteiger partial charge in [-0.3, -0.25) is 4.79 Å². The molecule has 0 aliphatic heterocycles. The van der Waals surface area contributed by atoms with Crippen molar-refractivity contribution in [2.24, 2.45) is 0 Å². The van der Waals surface area contributed by atoms with Gasteiger partial charge in [0.1, 0.15) is 0 Å². The zero-order valence-electron chi connectivity index (χ0n) is 10.8. The molecule has 0 aliphatic rings. The molecule has 1 atom stereocenters. The molecule has 0 saturated heterocycles. The molecule has 0 aliphatic carbocycles. The highest BCUT2D eigenvalue weighted by Crippen LogP contribution is 2.22. The summed E-state index contributed by atoms with van der Waals surface area (Å²) in [5, 5.41) is 12.1. The summed E-state index contributed by atoms with van der Waals surface area (Å²) in [6.07, 6.45) is -0.0460. The summed E-state index contributed by atoms with van der Waals surface area (Å²) >= 11 is 5.83. The number of aliphatic hydroxyl groups excluding tert-OH is 1. The van der Waals surface area contributed by atoms with Crippen LogP contribution in [0.5, 0.6) is 0 Å². The van der Waals surface area contributed by atoms with Crippen LogP contribution >= 0.6 is 11.6 Å². The lowest BCUT2D eigenvalue weighted by molar-refractivity contribution is -0.116. The van der Waals surface area contributed by atoms with E-state index in [1.165, 1.54) is 19.2 Å². The predicted octanol–water partition coefficient (Wildman–Crippen LogP) is 2.23. The Morgan fingerprint density at radius 2 is 2.16 bits per heavy atom. The smallest absolute Gasteiger partial charge is 0.339 e. The number of anilines is 1. The van der Waals surface area contributed by atoms with Crippen LogP contribution in [-0.2, 0) is 9.53 Å². The molecule has 0 aromatic heterocycles. The third-order valence-corrected chi connectivity index (χ3v) is 2.69. The Morgan fingerprint density at radius 3 is 2.74 bits per heavy atom. The first kappa shape index (κ1) is 15.5. The number of rotatable bonds is 5. The van der Waals surface area contributed by atoms with Gasteiger partial charge >= 0.3 is 5.97 Å². The van der Waals surface area contributed by atoms with Gasteiger partial charge in [0, 0.05) is 11.4 Å². The SMILES string of the molecule is COC(=O)c1ccc(Cl)cc1NC(=O)CCC(C)O. The maximum absolute atomic E-state index is 11.7. The largest absolute Gasteiger partial charge is 0.465 e. The number of hydrogen-bond acceptors (Lipinski definition) is 4. The number of benzene rings is 1. The number of aliphatic hydroxyl groups is 1. The van der Waals surface area contributed by atoms with E-state index in [4.69, 9.17) is 16.7 Å². The summed E-state index contributed by atoms with van der Waals surface area (Å²) < 4.78 is 4.62. The molecular formula is C13H16ClNO4. The molecule has 0 spiro atoms. The monoisotopic (exact) mass is 285 g/mol. The average Bonchev–Trinajstić information content (AvgIpc) is 2.35. The van der Waals surface area contributed by atoms with Gasteiger partial charge in [0.25, 0.3) is 0 Å². The Hall–Kier alpha value is -1.59. The minimum Gasteiger partial charge on any atom is -0.465 e. The third-order valence-electron chi connectivity index (χ3n) is 2.45. The van der Waals surface area contributed by atoms with E-state index in [9.17, 15) is 9.59 Å². The molecule has 1 aromatic rings. The summed E-state index contributed by atoms with van der Waals surface area (Å²) in [5.74, 6) is -0.851. The second kappa shape index (κ2) is 7.11. The van der Waals surface area contributed by atoms with Crippen LogP contribution < -0.4 is 5.32 Å². The fourth-order valence-corrected chi connectivity index (χ4v) is 1.63. The van der Waals surface area contributed by atoms with Crippen molar-refractivity contribution in [3.05, 3.63) is 28.8 Å². The van der Waals surface area contributed by atoms with Gasteiger partial charge in [-0.25, -0.2) is 4.79 Å². The highest BCUT2D eigenvalue weighted by atomic mass is 35.5. The van der Waals surface area contributed by atoms with Crippen LogP contribution in [0.15, 0.2) is 18.2 Å². The normalized spacial score (nSPS) is 11.8. The van der Waals surface area contributed by atoms with Gasteiger partial charge in [-0.05, 0) is 31.5 Å². The standard InChI is InChI=1S/C13H16ClNO4/c1-8(16)3-6-12(17)15-11-7-9(14)4-5-10(11)13(18)19-2/h4-5,7-8,16H,3,6H2,1-2H3,(H,15,17). The Kier molecular flexibility index (Phi) is 5.79. The first-order valence-electron chi connectivity index (χ1n) is 5.79. The van der Waals surface area contributed by atoms with Crippen LogP contribution in [-0.4, -0.2) is 30.2 Å². The third kappa shape index (κ3) is 4.89. The molecule has 0 fully saturated rings. The second-order valence-electron chi connectivity index (χ2n) is 4.12. The quantitative estimate of drug-likeness (QED) is 0.814. The molecule has 6 heteroatoms. The molecule has 1 amide bonds. The van der Waals surface area contributed by atoms with Crippen LogP contribution in [0.1, 0.15) is 30.1 Å². The first-order valence-corrected chi connectivity index (χ1v) is 6.17. The highest BCUT2D eigenvalue weighted by molar-refractivity contribution is 6.31. The van der Waals surface area contributed by atoms with Crippen molar-refractivity contribution in [2.75, 3.05) is 12.4 Å². The van der Waals surface area contributed by atoms with Gasteiger partial charge in [0.05, 0.1) is 24.5 Å². The van der Waals surface area contributed by atoms with E-state index in [1.807, 2.05) is 0 Å². The minimum absolute atomic E-state index is 0.158. The summed E-state index contributed by atoms with van der Waals surface area (Å²) in [5.41, 5.74) is 0.534. The number of ether oxygens (including phenoxy) is 1. The van der Waals surface area contributed by atoms with Crippen molar-refractivity contribution in [1.82, 2.24) is 0 Å². The Balaban J connectivity index is 2.84. The van der Waals surface area contributed by atoms with E-state index in [-0.39, 0.29) is 17.9 Å². The molecule has 0 saturated carbocycles. The molecule has 0 bridgehead atoms. The molecule has 19 heavy (non-hydrogen) atoms. The number of halogens is 1. The number of hydrogen-bond donors (Lipinski definition) is 2. The van der Waals surface area contributed by atoms with Crippen LogP contribution in [0, 0.1) is 0 Å². The average molecular weight is 286 g/mol. The molecule has 1 rings (SSSR count). The molecule has 104 valence electrons. The van der Waals surface area contributed by atoms with Crippen molar-refractivity contribution in [1.29, 1.82) is 0 Å². The Morgan fingerprint density at radius 1 is 1.47 bits per heavy atom. The fraction of sp³-hybridized carbons (Fsp3) is 0.385. The van der Waals surface area contributed by atoms with Gasteiger partial charge < -0.3 is 15.2 Å². The summed E-state index contributed by atoms with van der Waals surface area (Å²) in [6, 6.07) is 4.51. The van der Waals surface area contributed by atoms with Crippen LogP contribution in [0.3, 0.4) is 0 Å². The fourth-order valence-electron chi connectivity index (χ4n) is 1.46.